The third-order valence-corrected chi connectivity index (χ3v) is 2.85. The molecule has 0 spiro atoms. The van der Waals surface area contributed by atoms with Gasteiger partial charge in [-0.05, 0) is 6.92 Å². The minimum atomic E-state index is -0.390. The van der Waals surface area contributed by atoms with Gasteiger partial charge in [-0.15, -0.1) is 0 Å². The van der Waals surface area contributed by atoms with E-state index in [9.17, 15) is 14.4 Å². The Balaban J connectivity index is 2.98. The molecule has 0 saturated carbocycles. The molecule has 0 aliphatic heterocycles. The highest BCUT2D eigenvalue weighted by molar-refractivity contribution is 5.76. The number of aryl methyl sites for hydroxylation is 1. The first-order valence-electron chi connectivity index (χ1n) is 5.99. The van der Waals surface area contributed by atoms with Crippen molar-refractivity contribution in [1.29, 1.82) is 0 Å². The molecule has 1 aromatic rings. The number of amides is 1. The predicted molar refractivity (Wildman–Crippen MR) is 71.7 cm³/mol. The summed E-state index contributed by atoms with van der Waals surface area (Å²) < 4.78 is 2.35. The summed E-state index contributed by atoms with van der Waals surface area (Å²) in [7, 11) is 4.59. The van der Waals surface area contributed by atoms with Crippen LogP contribution in [0, 0.1) is 0 Å². The van der Waals surface area contributed by atoms with E-state index in [2.05, 4.69) is 0 Å². The maximum absolute atomic E-state index is 11.9. The maximum Gasteiger partial charge on any atom is 0.330 e. The zero-order chi connectivity index (χ0) is 14.7. The Hall–Kier alpha value is -1.89. The number of carbonyl (C=O) groups excluding carboxylic acids is 1. The molecule has 106 valence electrons. The van der Waals surface area contributed by atoms with E-state index in [0.29, 0.717) is 5.56 Å². The van der Waals surface area contributed by atoms with E-state index < -0.39 is 5.69 Å². The van der Waals surface area contributed by atoms with E-state index in [-0.39, 0.29) is 30.5 Å². The fraction of sp³-hybridized carbons (Fsp3) is 0.583. The topological polar surface area (TPSA) is 90.3 Å². The van der Waals surface area contributed by atoms with Gasteiger partial charge < -0.3 is 15.2 Å². The van der Waals surface area contributed by atoms with Crippen molar-refractivity contribution >= 4 is 5.91 Å². The van der Waals surface area contributed by atoms with E-state index in [1.54, 1.807) is 21.0 Å². The Labute approximate surface area is 111 Å². The van der Waals surface area contributed by atoms with Crippen LogP contribution in [0.3, 0.4) is 0 Å². The number of nitrogens with zero attached hydrogens (tertiary/aromatic N) is 3. The summed E-state index contributed by atoms with van der Waals surface area (Å²) in [5.41, 5.74) is 5.18. The Kier molecular flexibility index (Phi) is 4.66. The minimum Gasteiger partial charge on any atom is -0.341 e. The van der Waals surface area contributed by atoms with Gasteiger partial charge in [0.15, 0.2) is 0 Å². The molecule has 1 unspecified atom stereocenters. The number of hydrogen-bond donors (Lipinski definition) is 1. The number of rotatable bonds is 4. The number of hydrogen-bond acceptors (Lipinski definition) is 4. The SMILES string of the molecule is CC(N)CC(=O)N(C)Cc1cn(C)c(=O)n(C)c1=O. The van der Waals surface area contributed by atoms with Gasteiger partial charge in [-0.1, -0.05) is 0 Å². The summed E-state index contributed by atoms with van der Waals surface area (Å²) >= 11 is 0. The zero-order valence-electron chi connectivity index (χ0n) is 11.7. The molecule has 7 heteroatoms. The van der Waals surface area contributed by atoms with Gasteiger partial charge in [0.2, 0.25) is 5.91 Å². The van der Waals surface area contributed by atoms with Crippen molar-refractivity contribution < 1.29 is 4.79 Å². The summed E-state index contributed by atoms with van der Waals surface area (Å²) in [6.07, 6.45) is 1.68. The van der Waals surface area contributed by atoms with Crippen molar-refractivity contribution in [2.45, 2.75) is 25.9 Å². The smallest absolute Gasteiger partial charge is 0.330 e. The van der Waals surface area contributed by atoms with E-state index in [0.717, 1.165) is 4.57 Å². The second-order valence-corrected chi connectivity index (χ2v) is 4.84. The number of nitrogens with two attached hydrogens (primary N) is 1. The maximum atomic E-state index is 11.9. The predicted octanol–water partition coefficient (Wildman–Crippen LogP) is -1.22. The Morgan fingerprint density at radius 2 is 2.00 bits per heavy atom. The van der Waals surface area contributed by atoms with Crippen molar-refractivity contribution in [2.24, 2.45) is 19.8 Å². The number of aromatic nitrogens is 2. The normalized spacial score (nSPS) is 12.3. The van der Waals surface area contributed by atoms with E-state index >= 15 is 0 Å². The monoisotopic (exact) mass is 268 g/mol. The molecule has 1 amide bonds. The van der Waals surface area contributed by atoms with Crippen molar-refractivity contribution in [3.05, 3.63) is 32.6 Å². The van der Waals surface area contributed by atoms with Gasteiger partial charge in [0.1, 0.15) is 0 Å². The highest BCUT2D eigenvalue weighted by Gasteiger charge is 2.14. The molecule has 0 aliphatic rings. The fourth-order valence-electron chi connectivity index (χ4n) is 1.77. The summed E-state index contributed by atoms with van der Waals surface area (Å²) in [6, 6.07) is -0.224. The molecule has 0 radical (unpaired) electrons. The highest BCUT2D eigenvalue weighted by atomic mass is 16.2. The first kappa shape index (κ1) is 15.2. The lowest BCUT2D eigenvalue weighted by Gasteiger charge is -2.18. The van der Waals surface area contributed by atoms with Crippen LogP contribution in [0.2, 0.25) is 0 Å². The van der Waals surface area contributed by atoms with Crippen LogP contribution in [-0.4, -0.2) is 33.0 Å². The molecular formula is C12H20N4O3. The molecule has 0 saturated heterocycles. The largest absolute Gasteiger partial charge is 0.341 e. The van der Waals surface area contributed by atoms with Gasteiger partial charge in [0.05, 0.1) is 12.1 Å². The lowest BCUT2D eigenvalue weighted by molar-refractivity contribution is -0.130. The van der Waals surface area contributed by atoms with Gasteiger partial charge in [0, 0.05) is 39.8 Å². The van der Waals surface area contributed by atoms with E-state index in [1.165, 1.54) is 22.7 Å². The average molecular weight is 268 g/mol. The summed E-state index contributed by atoms with van der Waals surface area (Å²) in [6.45, 7) is 1.91. The third kappa shape index (κ3) is 3.54. The molecule has 1 aromatic heterocycles. The number of carbonyl (C=O) groups is 1. The zero-order valence-corrected chi connectivity index (χ0v) is 11.7. The van der Waals surface area contributed by atoms with Crippen LogP contribution in [0.4, 0.5) is 0 Å². The second-order valence-electron chi connectivity index (χ2n) is 4.84. The van der Waals surface area contributed by atoms with Gasteiger partial charge in [0.25, 0.3) is 5.56 Å². The molecule has 0 aromatic carbocycles. The third-order valence-electron chi connectivity index (χ3n) is 2.85. The van der Waals surface area contributed by atoms with Crippen LogP contribution in [-0.2, 0) is 25.4 Å². The van der Waals surface area contributed by atoms with Crippen molar-refractivity contribution in [1.82, 2.24) is 14.0 Å². The minimum absolute atomic E-state index is 0.133. The molecule has 0 aliphatic carbocycles. The van der Waals surface area contributed by atoms with Gasteiger partial charge in [-0.25, -0.2) is 4.79 Å². The molecular weight excluding hydrogens is 248 g/mol. The van der Waals surface area contributed by atoms with Gasteiger partial charge in [-0.3, -0.25) is 14.2 Å². The summed E-state index contributed by atoms with van der Waals surface area (Å²) in [5.74, 6) is -0.133. The molecule has 1 rings (SSSR count). The lowest BCUT2D eigenvalue weighted by atomic mass is 10.2. The lowest BCUT2D eigenvalue weighted by Crippen LogP contribution is -2.40. The van der Waals surface area contributed by atoms with Crippen molar-refractivity contribution in [3.63, 3.8) is 0 Å². The standard InChI is InChI=1S/C12H20N4O3/c1-8(13)5-10(17)14(2)6-9-7-15(3)12(19)16(4)11(9)18/h7-8H,5-6,13H2,1-4H3. The van der Waals surface area contributed by atoms with Gasteiger partial charge in [-0.2, -0.15) is 0 Å². The van der Waals surface area contributed by atoms with E-state index in [4.69, 9.17) is 5.73 Å². The van der Waals surface area contributed by atoms with Crippen molar-refractivity contribution in [3.8, 4) is 0 Å². The quantitative estimate of drug-likeness (QED) is 0.741. The van der Waals surface area contributed by atoms with E-state index in [1.807, 2.05) is 0 Å². The molecule has 1 heterocycles. The van der Waals surface area contributed by atoms with Crippen LogP contribution in [0.15, 0.2) is 15.8 Å². The summed E-state index contributed by atoms with van der Waals surface area (Å²) in [5, 5.41) is 0. The highest BCUT2D eigenvalue weighted by Crippen LogP contribution is 2.00. The van der Waals surface area contributed by atoms with Crippen LogP contribution >= 0.6 is 0 Å². The van der Waals surface area contributed by atoms with Crippen LogP contribution in [0.5, 0.6) is 0 Å². The Morgan fingerprint density at radius 1 is 1.42 bits per heavy atom. The second kappa shape index (κ2) is 5.83. The molecule has 0 bridgehead atoms. The fourth-order valence-corrected chi connectivity index (χ4v) is 1.77. The van der Waals surface area contributed by atoms with Gasteiger partial charge >= 0.3 is 5.69 Å². The average Bonchev–Trinajstić information content (AvgIpc) is 2.32. The molecule has 7 nitrogen and oxygen atoms in total. The van der Waals surface area contributed by atoms with Crippen LogP contribution in [0.25, 0.3) is 0 Å². The molecule has 0 fully saturated rings. The Bertz CT molecular complexity index is 586. The first-order chi connectivity index (χ1) is 8.73. The van der Waals surface area contributed by atoms with Crippen molar-refractivity contribution in [2.75, 3.05) is 7.05 Å². The van der Waals surface area contributed by atoms with Crippen LogP contribution in [0.1, 0.15) is 18.9 Å². The van der Waals surface area contributed by atoms with Crippen LogP contribution < -0.4 is 17.0 Å². The molecule has 19 heavy (non-hydrogen) atoms. The first-order valence-corrected chi connectivity index (χ1v) is 5.99. The Morgan fingerprint density at radius 3 is 2.53 bits per heavy atom. The molecule has 1 atom stereocenters. The molecule has 2 N–H and O–H groups in total. The summed E-state index contributed by atoms with van der Waals surface area (Å²) in [4.78, 5) is 36.7.